The first kappa shape index (κ1) is 23.3. The number of halogens is 3. The van der Waals surface area contributed by atoms with E-state index < -0.39 is 40.4 Å². The Kier molecular flexibility index (Phi) is 5.96. The maximum absolute atomic E-state index is 13.4. The molecule has 31 heavy (non-hydrogen) atoms. The van der Waals surface area contributed by atoms with Gasteiger partial charge in [-0.2, -0.15) is 13.2 Å². The van der Waals surface area contributed by atoms with Crippen molar-refractivity contribution in [3.63, 3.8) is 0 Å². The third kappa shape index (κ3) is 4.34. The number of anilines is 1. The van der Waals surface area contributed by atoms with Gasteiger partial charge in [0.2, 0.25) is 0 Å². The molecule has 5 nitrogen and oxygen atoms in total. The Hall–Kier alpha value is -2.39. The van der Waals surface area contributed by atoms with E-state index in [9.17, 15) is 22.8 Å². The normalized spacial score (nSPS) is 16.6. The fourth-order valence-electron chi connectivity index (χ4n) is 3.81. The number of esters is 1. The Bertz CT molecular complexity index is 1020. The highest BCUT2D eigenvalue weighted by atomic mass is 32.1. The second kappa shape index (κ2) is 7.94. The van der Waals surface area contributed by atoms with Gasteiger partial charge in [-0.05, 0) is 46.2 Å². The van der Waals surface area contributed by atoms with E-state index in [-0.39, 0.29) is 17.2 Å². The van der Waals surface area contributed by atoms with E-state index in [0.717, 1.165) is 28.3 Å². The molecule has 168 valence electrons. The molecule has 1 aliphatic heterocycles. The lowest BCUT2D eigenvalue weighted by atomic mass is 9.94. The van der Waals surface area contributed by atoms with E-state index in [4.69, 9.17) is 9.47 Å². The first-order valence-electron chi connectivity index (χ1n) is 9.82. The van der Waals surface area contributed by atoms with Crippen LogP contribution in [0.5, 0.6) is 0 Å². The zero-order valence-corrected chi connectivity index (χ0v) is 18.7. The number of carbonyl (C=O) groups is 2. The van der Waals surface area contributed by atoms with Crippen LogP contribution in [0.3, 0.4) is 0 Å². The number of hydrogen-bond acceptors (Lipinski definition) is 5. The zero-order chi connectivity index (χ0) is 23.2. The average Bonchev–Trinajstić information content (AvgIpc) is 3.13. The maximum Gasteiger partial charge on any atom is 0.417 e. The van der Waals surface area contributed by atoms with Gasteiger partial charge in [0.1, 0.15) is 10.6 Å². The monoisotopic (exact) mass is 455 g/mol. The van der Waals surface area contributed by atoms with Gasteiger partial charge in [-0.3, -0.25) is 4.79 Å². The summed E-state index contributed by atoms with van der Waals surface area (Å²) >= 11 is 1.12. The number of thiophene rings is 1. The smallest absolute Gasteiger partial charge is 0.417 e. The van der Waals surface area contributed by atoms with Crippen molar-refractivity contribution in [1.29, 1.82) is 0 Å². The molecule has 2 aromatic rings. The molecule has 0 spiro atoms. The molecular formula is C22H24F3NO4S. The van der Waals surface area contributed by atoms with E-state index in [1.54, 1.807) is 13.8 Å². The second-order valence-electron chi connectivity index (χ2n) is 8.27. The lowest BCUT2D eigenvalue weighted by molar-refractivity contribution is -0.137. The third-order valence-electron chi connectivity index (χ3n) is 4.91. The van der Waals surface area contributed by atoms with E-state index >= 15 is 0 Å². The number of rotatable bonds is 5. The van der Waals surface area contributed by atoms with Crippen molar-refractivity contribution in [3.8, 4) is 0 Å². The van der Waals surface area contributed by atoms with Crippen LogP contribution in [0.4, 0.5) is 18.2 Å². The van der Waals surface area contributed by atoms with Crippen molar-refractivity contribution >= 4 is 28.2 Å². The number of ether oxygens (including phenoxy) is 2. The molecular weight excluding hydrogens is 431 g/mol. The highest BCUT2D eigenvalue weighted by Gasteiger charge is 2.49. The maximum atomic E-state index is 13.4. The Morgan fingerprint density at radius 2 is 1.77 bits per heavy atom. The van der Waals surface area contributed by atoms with E-state index in [1.165, 1.54) is 12.1 Å². The number of amides is 1. The fraction of sp³-hybridized carbons (Fsp3) is 0.455. The fourth-order valence-corrected chi connectivity index (χ4v) is 5.19. The molecule has 1 N–H and O–H groups in total. The van der Waals surface area contributed by atoms with Gasteiger partial charge in [-0.25, -0.2) is 4.79 Å². The van der Waals surface area contributed by atoms with Crippen LogP contribution in [0, 0.1) is 0 Å². The van der Waals surface area contributed by atoms with Crippen molar-refractivity contribution in [2.24, 2.45) is 0 Å². The van der Waals surface area contributed by atoms with Crippen LogP contribution in [0.2, 0.25) is 0 Å². The molecule has 0 saturated carbocycles. The largest absolute Gasteiger partial charge is 0.462 e. The predicted molar refractivity (Wildman–Crippen MR) is 111 cm³/mol. The first-order chi connectivity index (χ1) is 14.3. The highest BCUT2D eigenvalue weighted by Crippen LogP contribution is 2.54. The van der Waals surface area contributed by atoms with Crippen LogP contribution in [0.25, 0.3) is 0 Å². The average molecular weight is 455 g/mol. The molecule has 1 amide bonds. The molecule has 3 rings (SSSR count). The molecule has 0 radical (unpaired) electrons. The van der Waals surface area contributed by atoms with Gasteiger partial charge < -0.3 is 14.8 Å². The molecule has 0 aliphatic carbocycles. The van der Waals surface area contributed by atoms with Crippen molar-refractivity contribution in [2.45, 2.75) is 58.4 Å². The van der Waals surface area contributed by atoms with Gasteiger partial charge in [0.05, 0.1) is 28.9 Å². The van der Waals surface area contributed by atoms with Crippen LogP contribution in [0.15, 0.2) is 24.3 Å². The minimum Gasteiger partial charge on any atom is -0.462 e. The number of hydrogen-bond donors (Lipinski definition) is 1. The Labute approximate surface area is 182 Å². The van der Waals surface area contributed by atoms with Crippen LogP contribution in [-0.2, 0) is 26.9 Å². The summed E-state index contributed by atoms with van der Waals surface area (Å²) in [5.41, 5.74) is -2.44. The quantitative estimate of drug-likeness (QED) is 0.555. The van der Waals surface area contributed by atoms with Crippen LogP contribution >= 0.6 is 11.3 Å². The summed E-state index contributed by atoms with van der Waals surface area (Å²) < 4.78 is 51.5. The van der Waals surface area contributed by atoms with Crippen molar-refractivity contribution in [1.82, 2.24) is 0 Å². The Morgan fingerprint density at radius 1 is 1.13 bits per heavy atom. The van der Waals surface area contributed by atoms with Gasteiger partial charge >= 0.3 is 12.1 Å². The van der Waals surface area contributed by atoms with Gasteiger partial charge in [0.25, 0.3) is 5.91 Å². The summed E-state index contributed by atoms with van der Waals surface area (Å²) in [5, 5.41) is 2.68. The van der Waals surface area contributed by atoms with Crippen LogP contribution in [-0.4, -0.2) is 18.5 Å². The molecule has 1 aromatic heterocycles. The number of fused-ring (bicyclic) bond motifs is 1. The molecule has 0 bridgehead atoms. The molecule has 0 saturated heterocycles. The summed E-state index contributed by atoms with van der Waals surface area (Å²) in [4.78, 5) is 26.4. The topological polar surface area (TPSA) is 64.6 Å². The molecule has 2 heterocycles. The van der Waals surface area contributed by atoms with Gasteiger partial charge in [0.15, 0.2) is 0 Å². The predicted octanol–water partition coefficient (Wildman–Crippen LogP) is 6.09. The number of nitrogens with one attached hydrogen (secondary N) is 1. The standard InChI is InChI=1S/C22H24F3NO4S/c1-6-11-29-19(28)14-15-16(21(4,5)30-20(15,2)3)31-18(14)26-17(27)12-9-7-8-10-13(12)22(23,24)25/h7-10H,6,11H2,1-5H3,(H,26,27). The van der Waals surface area contributed by atoms with E-state index in [1.807, 2.05) is 20.8 Å². The Morgan fingerprint density at radius 3 is 2.39 bits per heavy atom. The summed E-state index contributed by atoms with van der Waals surface area (Å²) in [7, 11) is 0. The molecule has 1 aromatic carbocycles. The van der Waals surface area contributed by atoms with Gasteiger partial charge in [0, 0.05) is 10.4 Å². The van der Waals surface area contributed by atoms with Crippen molar-refractivity contribution in [3.05, 3.63) is 51.4 Å². The lowest BCUT2D eigenvalue weighted by Gasteiger charge is -2.26. The zero-order valence-electron chi connectivity index (χ0n) is 17.9. The minimum atomic E-state index is -4.69. The summed E-state index contributed by atoms with van der Waals surface area (Å²) in [6.45, 7) is 9.30. The van der Waals surface area contributed by atoms with E-state index in [0.29, 0.717) is 12.0 Å². The van der Waals surface area contributed by atoms with Crippen LogP contribution < -0.4 is 5.32 Å². The first-order valence-corrected chi connectivity index (χ1v) is 10.6. The number of carbonyl (C=O) groups excluding carboxylic acids is 2. The summed E-state index contributed by atoms with van der Waals surface area (Å²) in [5.74, 6) is -1.60. The molecule has 1 aliphatic rings. The molecule has 0 atom stereocenters. The van der Waals surface area contributed by atoms with Crippen molar-refractivity contribution < 1.29 is 32.2 Å². The van der Waals surface area contributed by atoms with Gasteiger partial charge in [-0.15, -0.1) is 11.3 Å². The molecule has 0 unspecified atom stereocenters. The lowest BCUT2D eigenvalue weighted by Crippen LogP contribution is -2.25. The number of alkyl halides is 3. The molecule has 9 heteroatoms. The van der Waals surface area contributed by atoms with Crippen molar-refractivity contribution in [2.75, 3.05) is 11.9 Å². The summed E-state index contributed by atoms with van der Waals surface area (Å²) in [6, 6.07) is 4.52. The van der Waals surface area contributed by atoms with E-state index in [2.05, 4.69) is 5.32 Å². The Balaban J connectivity index is 2.09. The third-order valence-corrected chi connectivity index (χ3v) is 6.32. The SMILES string of the molecule is CCCOC(=O)c1c(NC(=O)c2ccccc2C(F)(F)F)sc2c1C(C)(C)OC2(C)C. The minimum absolute atomic E-state index is 0.127. The molecule has 0 fully saturated rings. The van der Waals surface area contributed by atoms with Gasteiger partial charge in [-0.1, -0.05) is 19.1 Å². The number of benzene rings is 1. The highest BCUT2D eigenvalue weighted by molar-refractivity contribution is 7.17. The second-order valence-corrected chi connectivity index (χ2v) is 9.29. The summed E-state index contributed by atoms with van der Waals surface area (Å²) in [6.07, 6.45) is -4.09. The van der Waals surface area contributed by atoms with Crippen LogP contribution in [0.1, 0.15) is 77.8 Å².